The summed E-state index contributed by atoms with van der Waals surface area (Å²) in [5, 5.41) is 9.66. The number of hydrogen-bond acceptors (Lipinski definition) is 16. The molecule has 1 aliphatic rings. The predicted molar refractivity (Wildman–Crippen MR) is 223 cm³/mol. The van der Waals surface area contributed by atoms with E-state index in [9.17, 15) is 65.9 Å². The molecule has 0 bridgehead atoms. The Bertz CT molecular complexity index is 3450. The number of Topliss-reactive ketones (excluding diaryl/α,β-unsaturated/α-hetero) is 1. The minimum atomic E-state index is -5.46. The standard InChI is InChI=1S/C36H25FN8O14S4/c37-34-40-35(42-36(41-34)45(63(57,58)59)24-12-10-19-6-4-5-9-21(19)14-24)38-23-11-13-28(61(51,52)53)26(17-23)43-44-31-29(62(54,55)56)16-22-15-25(60(48,49)50)18-27(30(22)32(31)46)39-33(47)20-7-2-1-3-8-20/h1-18,43H,(H,39,47)(H,48,49,50)(H,51,52,53)(H,54,55,56)(H,57,58,59)(H,38,40,41,42)/b44-31-. The lowest BCUT2D eigenvalue weighted by Gasteiger charge is -2.21. The van der Waals surface area contributed by atoms with Crippen molar-refractivity contribution in [2.45, 2.75) is 9.79 Å². The van der Waals surface area contributed by atoms with Crippen molar-refractivity contribution in [2.75, 3.05) is 20.4 Å². The summed E-state index contributed by atoms with van der Waals surface area (Å²) in [6, 6.07) is 22.0. The fourth-order valence-corrected chi connectivity index (χ4v) is 8.58. The molecule has 7 N–H and O–H groups in total. The molecule has 1 aliphatic carbocycles. The number of carbonyl (C=O) groups excluding carboxylic acids is 2. The van der Waals surface area contributed by atoms with Crippen LogP contribution in [0.25, 0.3) is 16.8 Å². The van der Waals surface area contributed by atoms with E-state index in [0.29, 0.717) is 29.0 Å². The van der Waals surface area contributed by atoms with Crippen LogP contribution in [-0.2, 0) is 40.7 Å². The Kier molecular flexibility index (Phi) is 11.4. The lowest BCUT2D eigenvalue weighted by atomic mass is 9.92. The number of rotatable bonds is 12. The summed E-state index contributed by atoms with van der Waals surface area (Å²) >= 11 is 0. The van der Waals surface area contributed by atoms with E-state index < -0.39 is 113 Å². The second-order valence-corrected chi connectivity index (χ2v) is 18.4. The molecule has 1 amide bonds. The number of ketones is 1. The average molecular weight is 941 g/mol. The maximum absolute atomic E-state index is 14.9. The van der Waals surface area contributed by atoms with Crippen molar-refractivity contribution < 1.29 is 65.9 Å². The van der Waals surface area contributed by atoms with Gasteiger partial charge in [-0.2, -0.15) is 62.4 Å². The summed E-state index contributed by atoms with van der Waals surface area (Å²) in [6.07, 6.45) is -0.998. The maximum Gasteiger partial charge on any atom is 0.366 e. The van der Waals surface area contributed by atoms with Gasteiger partial charge in [-0.1, -0.05) is 48.5 Å². The first kappa shape index (κ1) is 44.0. The van der Waals surface area contributed by atoms with Gasteiger partial charge < -0.3 is 10.6 Å². The Morgan fingerprint density at radius 3 is 2.03 bits per heavy atom. The molecule has 6 aromatic rings. The van der Waals surface area contributed by atoms with Crippen molar-refractivity contribution >= 4 is 110 Å². The van der Waals surface area contributed by atoms with E-state index in [1.165, 1.54) is 42.5 Å². The van der Waals surface area contributed by atoms with Crippen LogP contribution in [-0.4, -0.2) is 84.2 Å². The third kappa shape index (κ3) is 9.54. The van der Waals surface area contributed by atoms with Crippen molar-refractivity contribution in [3.05, 3.63) is 131 Å². The Labute approximate surface area is 355 Å². The van der Waals surface area contributed by atoms with Gasteiger partial charge in [-0.05, 0) is 77.0 Å². The Morgan fingerprint density at radius 2 is 1.38 bits per heavy atom. The number of benzene rings is 5. The van der Waals surface area contributed by atoms with Crippen LogP contribution in [0.2, 0.25) is 0 Å². The zero-order valence-electron chi connectivity index (χ0n) is 31.0. The second kappa shape index (κ2) is 16.3. The van der Waals surface area contributed by atoms with Crippen LogP contribution in [0.3, 0.4) is 0 Å². The molecule has 0 saturated heterocycles. The highest BCUT2D eigenvalue weighted by Gasteiger charge is 2.36. The Balaban J connectivity index is 1.29. The third-order valence-electron chi connectivity index (χ3n) is 8.74. The van der Waals surface area contributed by atoms with Gasteiger partial charge in [0.25, 0.3) is 42.2 Å². The minimum absolute atomic E-state index is 0.0135. The van der Waals surface area contributed by atoms with E-state index in [1.54, 1.807) is 30.3 Å². The normalized spacial score (nSPS) is 13.9. The number of aromatic nitrogens is 3. The van der Waals surface area contributed by atoms with Crippen LogP contribution in [0, 0.1) is 6.08 Å². The number of hydrogen-bond donors (Lipinski definition) is 7. The molecule has 0 fully saturated rings. The molecule has 0 spiro atoms. The molecule has 0 atom stereocenters. The van der Waals surface area contributed by atoms with Gasteiger partial charge in [0.15, 0.2) is 5.71 Å². The van der Waals surface area contributed by atoms with Crippen LogP contribution >= 0.6 is 0 Å². The van der Waals surface area contributed by atoms with E-state index in [0.717, 1.165) is 18.2 Å². The van der Waals surface area contributed by atoms with Gasteiger partial charge in [-0.25, -0.2) is 0 Å². The SMILES string of the molecule is O=C(Nc1cc(S(=O)(=O)O)cc2c1C(=O)/C(=N\Nc1cc(Nc3nc(F)nc(N(c4ccc5ccccc5c4)S(=O)(=O)O)n3)ccc1S(=O)(=O)O)C(S(=O)(=O)O)=C2)c1ccccc1. The third-order valence-corrected chi connectivity index (χ3v) is 12.2. The van der Waals surface area contributed by atoms with Gasteiger partial charge in [-0.3, -0.25) is 33.2 Å². The van der Waals surface area contributed by atoms with Crippen molar-refractivity contribution in [3.63, 3.8) is 0 Å². The van der Waals surface area contributed by atoms with Crippen molar-refractivity contribution in [1.82, 2.24) is 15.0 Å². The molecule has 5 aromatic carbocycles. The van der Waals surface area contributed by atoms with Gasteiger partial charge >= 0.3 is 16.4 Å². The van der Waals surface area contributed by atoms with Crippen LogP contribution in [0.1, 0.15) is 26.3 Å². The molecule has 1 heterocycles. The minimum Gasteiger partial charge on any atom is -0.324 e. The molecule has 324 valence electrons. The molecular formula is C36H25FN8O14S4. The van der Waals surface area contributed by atoms with Crippen molar-refractivity contribution in [1.29, 1.82) is 0 Å². The van der Waals surface area contributed by atoms with Crippen LogP contribution in [0.15, 0.2) is 123 Å². The molecule has 27 heteroatoms. The molecule has 0 aliphatic heterocycles. The highest BCUT2D eigenvalue weighted by Crippen LogP contribution is 2.35. The fraction of sp³-hybridized carbons (Fsp3) is 0. The number of amides is 1. The summed E-state index contributed by atoms with van der Waals surface area (Å²) < 4.78 is 155. The quantitative estimate of drug-likeness (QED) is 0.0656. The van der Waals surface area contributed by atoms with Gasteiger partial charge in [0.1, 0.15) is 9.80 Å². The van der Waals surface area contributed by atoms with Gasteiger partial charge in [-0.15, -0.1) is 0 Å². The van der Waals surface area contributed by atoms with E-state index in [-0.39, 0.29) is 21.2 Å². The number of fused-ring (bicyclic) bond motifs is 2. The topological polar surface area (TPSA) is 342 Å². The molecule has 7 rings (SSSR count). The fourth-order valence-electron chi connectivity index (χ4n) is 6.08. The first-order valence-corrected chi connectivity index (χ1v) is 22.9. The summed E-state index contributed by atoms with van der Waals surface area (Å²) in [5.74, 6) is -4.01. The summed E-state index contributed by atoms with van der Waals surface area (Å²) in [4.78, 5) is 34.8. The smallest absolute Gasteiger partial charge is 0.324 e. The highest BCUT2D eigenvalue weighted by atomic mass is 32.2. The van der Waals surface area contributed by atoms with E-state index >= 15 is 0 Å². The zero-order chi connectivity index (χ0) is 45.6. The number of nitrogens with one attached hydrogen (secondary N) is 3. The lowest BCUT2D eigenvalue weighted by molar-refractivity contribution is 0.102. The predicted octanol–water partition coefficient (Wildman–Crippen LogP) is 4.49. The largest absolute Gasteiger partial charge is 0.366 e. The van der Waals surface area contributed by atoms with Crippen LogP contribution in [0.5, 0.6) is 0 Å². The van der Waals surface area contributed by atoms with Crippen LogP contribution in [0.4, 0.5) is 39.0 Å². The van der Waals surface area contributed by atoms with Gasteiger partial charge in [0.2, 0.25) is 11.7 Å². The van der Waals surface area contributed by atoms with Crippen LogP contribution < -0.4 is 20.4 Å². The number of anilines is 6. The number of allylic oxidation sites excluding steroid dienone is 1. The zero-order valence-corrected chi connectivity index (χ0v) is 34.3. The number of halogens is 1. The monoisotopic (exact) mass is 940 g/mol. The highest BCUT2D eigenvalue weighted by molar-refractivity contribution is 7.91. The number of hydrazone groups is 1. The molecule has 0 radical (unpaired) electrons. The van der Waals surface area contributed by atoms with Gasteiger partial charge in [0, 0.05) is 11.3 Å². The maximum atomic E-state index is 14.9. The van der Waals surface area contributed by atoms with Crippen molar-refractivity contribution in [2.24, 2.45) is 5.10 Å². The van der Waals surface area contributed by atoms with E-state index in [2.05, 4.69) is 36.1 Å². The molecule has 1 aromatic heterocycles. The Hall–Kier alpha value is -7.11. The van der Waals surface area contributed by atoms with E-state index in [1.807, 2.05) is 0 Å². The summed E-state index contributed by atoms with van der Waals surface area (Å²) in [7, 11) is -21.0. The van der Waals surface area contributed by atoms with Gasteiger partial charge in [0.05, 0.1) is 27.5 Å². The number of carbonyl (C=O) groups is 2. The summed E-state index contributed by atoms with van der Waals surface area (Å²) in [5.41, 5.74) is -2.05. The molecule has 0 saturated carbocycles. The van der Waals surface area contributed by atoms with E-state index in [4.69, 9.17) is 0 Å². The Morgan fingerprint density at radius 1 is 0.698 bits per heavy atom. The summed E-state index contributed by atoms with van der Waals surface area (Å²) in [6.45, 7) is 0. The molecular weight excluding hydrogens is 916 g/mol. The lowest BCUT2D eigenvalue weighted by Crippen LogP contribution is -2.29. The van der Waals surface area contributed by atoms with Crippen molar-refractivity contribution in [3.8, 4) is 0 Å². The average Bonchev–Trinajstić information content (AvgIpc) is 3.18. The molecule has 22 nitrogen and oxygen atoms in total. The number of nitrogens with zero attached hydrogens (tertiary/aromatic N) is 5. The molecule has 0 unspecified atom stereocenters. The first-order valence-electron chi connectivity index (χ1n) is 17.1. The first-order chi connectivity index (χ1) is 29.5. The molecule has 63 heavy (non-hydrogen) atoms. The second-order valence-electron chi connectivity index (χ2n) is 12.9.